The molecule has 3 rings (SSSR count). The van der Waals surface area contributed by atoms with Gasteiger partial charge in [-0.05, 0) is 19.2 Å². The first kappa shape index (κ1) is 20.4. The fourth-order valence-electron chi connectivity index (χ4n) is 2.15. The van der Waals surface area contributed by atoms with Crippen molar-refractivity contribution in [3.63, 3.8) is 0 Å². The predicted molar refractivity (Wildman–Crippen MR) is 99.8 cm³/mol. The number of aromatic hydroxyl groups is 1. The second-order valence-corrected chi connectivity index (χ2v) is 6.41. The molecule has 144 valence electrons. The summed E-state index contributed by atoms with van der Waals surface area (Å²) in [6.07, 6.45) is 1.58. The molecule has 0 aliphatic heterocycles. The fourth-order valence-corrected chi connectivity index (χ4v) is 2.98. The summed E-state index contributed by atoms with van der Waals surface area (Å²) in [5, 5.41) is 29.3. The van der Waals surface area contributed by atoms with Gasteiger partial charge in [-0.1, -0.05) is 11.8 Å². The Kier molecular flexibility index (Phi) is 6.91. The Morgan fingerprint density at radius 1 is 1.37 bits per heavy atom. The van der Waals surface area contributed by atoms with Crippen LogP contribution in [0.1, 0.15) is 18.4 Å². The summed E-state index contributed by atoms with van der Waals surface area (Å²) in [7, 11) is 3.74. The zero-order valence-corrected chi connectivity index (χ0v) is 15.9. The van der Waals surface area contributed by atoms with E-state index in [0.717, 1.165) is 17.9 Å². The van der Waals surface area contributed by atoms with E-state index >= 15 is 0 Å². The lowest BCUT2D eigenvalue weighted by Gasteiger charge is -2.05. The molecule has 0 saturated heterocycles. The molecule has 0 aliphatic rings. The van der Waals surface area contributed by atoms with Crippen LogP contribution in [0.25, 0.3) is 5.65 Å². The molecule has 0 aromatic carbocycles. The lowest BCUT2D eigenvalue weighted by Crippen LogP contribution is -2.15. The maximum atomic E-state index is 12.1. The minimum Gasteiger partial charge on any atom is -0.504 e. The van der Waals surface area contributed by atoms with Gasteiger partial charge in [-0.3, -0.25) is 14.0 Å². The highest BCUT2D eigenvalue weighted by Gasteiger charge is 2.11. The van der Waals surface area contributed by atoms with Gasteiger partial charge in [0.15, 0.2) is 16.6 Å². The van der Waals surface area contributed by atoms with Crippen LogP contribution >= 0.6 is 11.8 Å². The van der Waals surface area contributed by atoms with Gasteiger partial charge in [-0.25, -0.2) is 4.98 Å². The molecule has 0 spiro atoms. The van der Waals surface area contributed by atoms with Gasteiger partial charge in [0, 0.05) is 32.0 Å². The molecule has 3 aromatic rings. The van der Waals surface area contributed by atoms with Crippen molar-refractivity contribution in [2.24, 2.45) is 7.05 Å². The number of nitrogens with zero attached hydrogens (tertiary/aromatic N) is 5. The first-order valence-electron chi connectivity index (χ1n) is 7.89. The van der Waals surface area contributed by atoms with Crippen LogP contribution in [0.2, 0.25) is 0 Å². The molecule has 3 heterocycles. The highest BCUT2D eigenvalue weighted by atomic mass is 32.2. The van der Waals surface area contributed by atoms with Gasteiger partial charge in [-0.2, -0.15) is 0 Å². The maximum Gasteiger partial charge on any atom is 0.300 e. The zero-order chi connectivity index (χ0) is 20.0. The molecule has 10 nitrogen and oxygen atoms in total. The number of carboxylic acid groups (broad SMARTS) is 1. The van der Waals surface area contributed by atoms with Crippen molar-refractivity contribution in [1.82, 2.24) is 29.5 Å². The summed E-state index contributed by atoms with van der Waals surface area (Å²) in [4.78, 5) is 25.4. The van der Waals surface area contributed by atoms with Gasteiger partial charge in [0.05, 0.1) is 12.2 Å². The Hall–Kier alpha value is -2.92. The Labute approximate surface area is 158 Å². The minimum absolute atomic E-state index is 0.0218. The first-order valence-corrected chi connectivity index (χ1v) is 8.87. The van der Waals surface area contributed by atoms with E-state index in [1.807, 2.05) is 18.7 Å². The van der Waals surface area contributed by atoms with Gasteiger partial charge in [0.1, 0.15) is 5.82 Å². The van der Waals surface area contributed by atoms with Crippen LogP contribution < -0.4 is 10.9 Å². The van der Waals surface area contributed by atoms with E-state index in [0.29, 0.717) is 18.0 Å². The average Bonchev–Trinajstić information content (AvgIpc) is 2.94. The molecule has 0 amide bonds. The lowest BCUT2D eigenvalue weighted by molar-refractivity contribution is -0.134. The molecular formula is C16H20N6O4S. The van der Waals surface area contributed by atoms with Gasteiger partial charge < -0.3 is 20.1 Å². The third-order valence-corrected chi connectivity index (χ3v) is 4.39. The zero-order valence-electron chi connectivity index (χ0n) is 15.1. The van der Waals surface area contributed by atoms with Crippen molar-refractivity contribution in [3.05, 3.63) is 46.3 Å². The van der Waals surface area contributed by atoms with Crippen molar-refractivity contribution in [2.45, 2.75) is 24.4 Å². The van der Waals surface area contributed by atoms with Gasteiger partial charge in [0.25, 0.3) is 11.5 Å². The SMILES string of the molecule is CC(=O)O.CNCc1nnc(SCc2cc(=O)n3cccc(O)c3n2)n1C. The summed E-state index contributed by atoms with van der Waals surface area (Å²) in [6.45, 7) is 1.72. The van der Waals surface area contributed by atoms with Crippen LogP contribution in [0.15, 0.2) is 34.3 Å². The third kappa shape index (κ3) is 5.28. The number of carboxylic acids is 1. The van der Waals surface area contributed by atoms with E-state index in [1.165, 1.54) is 28.3 Å². The molecule has 11 heteroatoms. The van der Waals surface area contributed by atoms with Crippen LogP contribution in [0.5, 0.6) is 5.75 Å². The highest BCUT2D eigenvalue weighted by Crippen LogP contribution is 2.21. The first-order chi connectivity index (χ1) is 12.8. The number of thioether (sulfide) groups is 1. The van der Waals surface area contributed by atoms with Crippen LogP contribution in [0, 0.1) is 0 Å². The smallest absolute Gasteiger partial charge is 0.300 e. The van der Waals surface area contributed by atoms with E-state index < -0.39 is 5.97 Å². The van der Waals surface area contributed by atoms with Crippen LogP contribution in [0.4, 0.5) is 0 Å². The number of fused-ring (bicyclic) bond motifs is 1. The molecule has 3 aromatic heterocycles. The molecule has 3 N–H and O–H groups in total. The Bertz CT molecular complexity index is 996. The molecule has 0 aliphatic carbocycles. The quantitative estimate of drug-likeness (QED) is 0.534. The van der Waals surface area contributed by atoms with E-state index in [-0.39, 0.29) is 17.0 Å². The van der Waals surface area contributed by atoms with E-state index in [4.69, 9.17) is 9.90 Å². The Morgan fingerprint density at radius 2 is 2.07 bits per heavy atom. The topological polar surface area (TPSA) is 135 Å². The van der Waals surface area contributed by atoms with E-state index in [9.17, 15) is 9.90 Å². The minimum atomic E-state index is -0.833. The summed E-state index contributed by atoms with van der Waals surface area (Å²) in [5.41, 5.74) is 0.611. The molecule has 0 fully saturated rings. The molecule has 0 unspecified atom stereocenters. The highest BCUT2D eigenvalue weighted by molar-refractivity contribution is 7.98. The van der Waals surface area contributed by atoms with Gasteiger partial charge in [-0.15, -0.1) is 10.2 Å². The summed E-state index contributed by atoms with van der Waals surface area (Å²) >= 11 is 1.44. The number of rotatable bonds is 5. The summed E-state index contributed by atoms with van der Waals surface area (Å²) in [5.74, 6) is 0.441. The molecular weight excluding hydrogens is 372 g/mol. The molecule has 0 saturated carbocycles. The van der Waals surface area contributed by atoms with E-state index in [1.54, 1.807) is 12.3 Å². The van der Waals surface area contributed by atoms with Gasteiger partial charge in [0.2, 0.25) is 0 Å². The van der Waals surface area contributed by atoms with Gasteiger partial charge >= 0.3 is 0 Å². The largest absolute Gasteiger partial charge is 0.504 e. The monoisotopic (exact) mass is 392 g/mol. The average molecular weight is 392 g/mol. The lowest BCUT2D eigenvalue weighted by atomic mass is 10.4. The number of hydrogen-bond donors (Lipinski definition) is 3. The summed E-state index contributed by atoms with van der Waals surface area (Å²) < 4.78 is 3.21. The van der Waals surface area contributed by atoms with Crippen molar-refractivity contribution in [2.75, 3.05) is 7.05 Å². The number of pyridine rings is 1. The fraction of sp³-hybridized carbons (Fsp3) is 0.312. The van der Waals surface area contributed by atoms with E-state index in [2.05, 4.69) is 20.5 Å². The van der Waals surface area contributed by atoms with Crippen molar-refractivity contribution in [3.8, 4) is 5.75 Å². The van der Waals surface area contributed by atoms with Crippen molar-refractivity contribution in [1.29, 1.82) is 0 Å². The molecule has 27 heavy (non-hydrogen) atoms. The molecule has 0 bridgehead atoms. The second-order valence-electron chi connectivity index (χ2n) is 5.47. The Morgan fingerprint density at radius 3 is 2.74 bits per heavy atom. The Balaban J connectivity index is 0.000000596. The maximum absolute atomic E-state index is 12.1. The number of aliphatic carboxylic acids is 1. The normalized spacial score (nSPS) is 10.5. The van der Waals surface area contributed by atoms with Crippen molar-refractivity contribution < 1.29 is 15.0 Å². The van der Waals surface area contributed by atoms with Crippen LogP contribution in [-0.4, -0.2) is 47.4 Å². The number of carbonyl (C=O) groups is 1. The second kappa shape index (κ2) is 9.14. The number of aromatic nitrogens is 5. The number of nitrogens with one attached hydrogen (secondary N) is 1. The predicted octanol–water partition coefficient (Wildman–Crippen LogP) is 0.631. The third-order valence-electron chi connectivity index (χ3n) is 3.33. The standard InChI is InChI=1S/C14H16N6O2S.C2H4O2/c1-15-7-11-17-18-14(19(11)2)23-8-9-6-12(22)20-5-3-4-10(21)13(20)16-9;1-2(3)4/h3-6,15,21H,7-8H2,1-2H3;1H3,(H,3,4). The number of hydrogen-bond acceptors (Lipinski definition) is 8. The molecule has 0 radical (unpaired) electrons. The van der Waals surface area contributed by atoms with Crippen molar-refractivity contribution >= 4 is 23.4 Å². The molecule has 0 atom stereocenters. The van der Waals surface area contributed by atoms with Crippen LogP contribution in [0.3, 0.4) is 0 Å². The summed E-state index contributed by atoms with van der Waals surface area (Å²) in [6, 6.07) is 4.57. The van der Waals surface area contributed by atoms with Crippen LogP contribution in [-0.2, 0) is 24.1 Å².